The Labute approximate surface area is 192 Å². The van der Waals surface area contributed by atoms with Crippen LogP contribution in [0.15, 0.2) is 75.0 Å². The molecule has 33 heavy (non-hydrogen) atoms. The van der Waals surface area contributed by atoms with E-state index in [1.165, 1.54) is 35.9 Å². The minimum atomic E-state index is -0.464. The predicted molar refractivity (Wildman–Crippen MR) is 124 cm³/mol. The number of methoxy groups -OCH3 is 1. The summed E-state index contributed by atoms with van der Waals surface area (Å²) in [6, 6.07) is 16.0. The van der Waals surface area contributed by atoms with Crippen LogP contribution in [0.25, 0.3) is 17.4 Å². The Bertz CT molecular complexity index is 1290. The highest BCUT2D eigenvalue weighted by molar-refractivity contribution is 8.18. The summed E-state index contributed by atoms with van der Waals surface area (Å²) in [5.41, 5.74) is 1.68. The number of thioether (sulfide) groups is 1. The van der Waals surface area contributed by atoms with Crippen LogP contribution in [0.2, 0.25) is 0 Å². The molecule has 0 saturated carbocycles. The number of amidine groups is 1. The maximum Gasteiger partial charge on any atom is 0.337 e. The number of amides is 1. The van der Waals surface area contributed by atoms with Crippen LogP contribution >= 0.6 is 11.8 Å². The lowest BCUT2D eigenvalue weighted by Crippen LogP contribution is -2.23. The fourth-order valence-electron chi connectivity index (χ4n) is 3.01. The van der Waals surface area contributed by atoms with Gasteiger partial charge >= 0.3 is 5.97 Å². The van der Waals surface area contributed by atoms with Crippen molar-refractivity contribution in [2.24, 2.45) is 4.99 Å². The summed E-state index contributed by atoms with van der Waals surface area (Å²) in [7, 11) is 2.94. The van der Waals surface area contributed by atoms with Gasteiger partial charge in [-0.3, -0.25) is 19.8 Å². The maximum absolute atomic E-state index is 12.7. The average molecular weight is 463 g/mol. The molecule has 0 unspecified atom stereocenters. The van der Waals surface area contributed by atoms with Crippen molar-refractivity contribution in [3.8, 4) is 11.3 Å². The fourth-order valence-corrected chi connectivity index (χ4v) is 3.98. The molecule has 0 spiro atoms. The van der Waals surface area contributed by atoms with Crippen LogP contribution in [0, 0.1) is 10.1 Å². The zero-order valence-electron chi connectivity index (χ0n) is 17.6. The summed E-state index contributed by atoms with van der Waals surface area (Å²) in [5.74, 6) is 0.336. The molecule has 0 bridgehead atoms. The van der Waals surface area contributed by atoms with Gasteiger partial charge in [0.1, 0.15) is 11.5 Å². The summed E-state index contributed by atoms with van der Waals surface area (Å²) < 4.78 is 10.5. The molecular formula is C23H17N3O6S. The van der Waals surface area contributed by atoms with E-state index in [-0.39, 0.29) is 11.6 Å². The molecule has 1 aliphatic heterocycles. The first-order chi connectivity index (χ1) is 15.9. The molecule has 1 amide bonds. The van der Waals surface area contributed by atoms with Gasteiger partial charge in [0.25, 0.3) is 11.6 Å². The van der Waals surface area contributed by atoms with Crippen molar-refractivity contribution in [2.75, 3.05) is 14.2 Å². The summed E-state index contributed by atoms with van der Waals surface area (Å²) >= 11 is 1.20. The van der Waals surface area contributed by atoms with Crippen LogP contribution in [-0.2, 0) is 9.53 Å². The van der Waals surface area contributed by atoms with Crippen LogP contribution in [0.5, 0.6) is 0 Å². The first-order valence-corrected chi connectivity index (χ1v) is 10.5. The number of benzene rings is 2. The molecule has 1 fully saturated rings. The van der Waals surface area contributed by atoms with Crippen molar-refractivity contribution in [1.29, 1.82) is 0 Å². The van der Waals surface area contributed by atoms with Crippen molar-refractivity contribution < 1.29 is 23.7 Å². The molecule has 0 aliphatic carbocycles. The monoisotopic (exact) mass is 463 g/mol. The highest BCUT2D eigenvalue weighted by Crippen LogP contribution is 2.34. The second kappa shape index (κ2) is 9.13. The number of rotatable bonds is 5. The van der Waals surface area contributed by atoms with Crippen LogP contribution in [0.3, 0.4) is 0 Å². The van der Waals surface area contributed by atoms with Gasteiger partial charge in [-0.2, -0.15) is 0 Å². The molecule has 166 valence electrons. The zero-order chi connectivity index (χ0) is 23.5. The van der Waals surface area contributed by atoms with E-state index in [1.807, 2.05) is 0 Å². The van der Waals surface area contributed by atoms with E-state index < -0.39 is 10.9 Å². The van der Waals surface area contributed by atoms with E-state index in [4.69, 9.17) is 4.42 Å². The standard InChI is InChI=1S/C23H17N3O6S/c1-25-21(27)20(33-23(25)24-16-7-3-15(4-8-16)22(28)31-2)13-18-11-12-19(32-18)14-5-9-17(10-6-14)26(29)30/h3-13H,1-2H3. The highest BCUT2D eigenvalue weighted by Gasteiger charge is 2.30. The maximum atomic E-state index is 12.7. The van der Waals surface area contributed by atoms with Gasteiger partial charge in [-0.25, -0.2) is 9.79 Å². The second-order valence-corrected chi connectivity index (χ2v) is 7.92. The lowest BCUT2D eigenvalue weighted by Gasteiger charge is -2.07. The molecule has 1 aliphatic rings. The number of nitro benzene ring substituents is 1. The zero-order valence-corrected chi connectivity index (χ0v) is 18.4. The van der Waals surface area contributed by atoms with E-state index in [1.54, 1.807) is 61.7 Å². The molecule has 4 rings (SSSR count). The molecule has 1 saturated heterocycles. The molecule has 0 N–H and O–H groups in total. The number of non-ortho nitro benzene ring substituents is 1. The molecule has 3 aromatic rings. The molecular weight excluding hydrogens is 446 g/mol. The topological polar surface area (TPSA) is 115 Å². The van der Waals surface area contributed by atoms with Gasteiger partial charge in [0, 0.05) is 30.8 Å². The minimum absolute atomic E-state index is 0.00427. The molecule has 10 heteroatoms. The number of nitrogens with zero attached hydrogens (tertiary/aromatic N) is 3. The molecule has 2 aromatic carbocycles. The van der Waals surface area contributed by atoms with Crippen molar-refractivity contribution in [3.05, 3.63) is 87.0 Å². The van der Waals surface area contributed by atoms with Gasteiger partial charge < -0.3 is 9.15 Å². The first-order valence-electron chi connectivity index (χ1n) is 9.65. The summed E-state index contributed by atoms with van der Waals surface area (Å²) in [6.07, 6.45) is 1.63. The SMILES string of the molecule is COC(=O)c1ccc(N=C2SC(=Cc3ccc(-c4ccc([N+](=O)[O-])cc4)o3)C(=O)N2C)cc1. The largest absolute Gasteiger partial charge is 0.465 e. The van der Waals surface area contributed by atoms with E-state index in [0.717, 1.165) is 0 Å². The Hall–Kier alpha value is -4.18. The molecule has 2 heterocycles. The lowest BCUT2D eigenvalue weighted by molar-refractivity contribution is -0.384. The average Bonchev–Trinajstić information content (AvgIpc) is 3.40. The third kappa shape index (κ3) is 4.70. The van der Waals surface area contributed by atoms with Crippen LogP contribution in [0.1, 0.15) is 16.1 Å². The van der Waals surface area contributed by atoms with E-state index in [2.05, 4.69) is 9.73 Å². The Morgan fingerprint density at radius 3 is 2.45 bits per heavy atom. The Morgan fingerprint density at radius 1 is 1.12 bits per heavy atom. The molecule has 0 atom stereocenters. The van der Waals surface area contributed by atoms with Crippen molar-refractivity contribution >= 4 is 46.3 Å². The number of esters is 1. The predicted octanol–water partition coefficient (Wildman–Crippen LogP) is 4.88. The van der Waals surface area contributed by atoms with E-state index in [0.29, 0.717) is 38.4 Å². The number of carbonyl (C=O) groups is 2. The van der Waals surface area contributed by atoms with E-state index in [9.17, 15) is 19.7 Å². The van der Waals surface area contributed by atoms with Crippen LogP contribution < -0.4 is 0 Å². The number of hydrogen-bond donors (Lipinski definition) is 0. The Morgan fingerprint density at radius 2 is 1.82 bits per heavy atom. The number of furan rings is 1. The Kier molecular flexibility index (Phi) is 6.09. The number of ether oxygens (including phenoxy) is 1. The van der Waals surface area contributed by atoms with Gasteiger partial charge in [-0.05, 0) is 60.3 Å². The van der Waals surface area contributed by atoms with Gasteiger partial charge in [0.05, 0.1) is 28.2 Å². The van der Waals surface area contributed by atoms with Gasteiger partial charge in [-0.15, -0.1) is 0 Å². The fraction of sp³-hybridized carbons (Fsp3) is 0.0870. The third-order valence-electron chi connectivity index (χ3n) is 4.78. The van der Waals surface area contributed by atoms with Crippen molar-refractivity contribution in [2.45, 2.75) is 0 Å². The molecule has 9 nitrogen and oxygen atoms in total. The number of aliphatic imine (C=N–C) groups is 1. The summed E-state index contributed by atoms with van der Waals surface area (Å²) in [6.45, 7) is 0. The van der Waals surface area contributed by atoms with Crippen LogP contribution in [-0.4, -0.2) is 41.0 Å². The highest BCUT2D eigenvalue weighted by atomic mass is 32.2. The summed E-state index contributed by atoms with van der Waals surface area (Å²) in [4.78, 5) is 40.9. The number of likely N-dealkylation sites (N-methyl/N-ethyl adjacent to an activating group) is 1. The van der Waals surface area contributed by atoms with Crippen molar-refractivity contribution in [1.82, 2.24) is 4.90 Å². The Balaban J connectivity index is 1.53. The van der Waals surface area contributed by atoms with Crippen molar-refractivity contribution in [3.63, 3.8) is 0 Å². The minimum Gasteiger partial charge on any atom is -0.465 e. The smallest absolute Gasteiger partial charge is 0.337 e. The summed E-state index contributed by atoms with van der Waals surface area (Å²) in [5, 5.41) is 11.3. The van der Waals surface area contributed by atoms with Crippen LogP contribution in [0.4, 0.5) is 11.4 Å². The quantitative estimate of drug-likeness (QED) is 0.229. The molecule has 1 aromatic heterocycles. The van der Waals surface area contributed by atoms with Gasteiger partial charge in [0.15, 0.2) is 5.17 Å². The molecule has 0 radical (unpaired) electrons. The third-order valence-corrected chi connectivity index (χ3v) is 5.84. The number of hydrogen-bond acceptors (Lipinski definition) is 8. The van der Waals surface area contributed by atoms with Gasteiger partial charge in [0.2, 0.25) is 0 Å². The number of carbonyl (C=O) groups excluding carboxylic acids is 2. The van der Waals surface area contributed by atoms with Gasteiger partial charge in [-0.1, -0.05) is 0 Å². The lowest BCUT2D eigenvalue weighted by atomic mass is 10.1. The number of nitro groups is 1. The first kappa shape index (κ1) is 22.0. The second-order valence-electron chi connectivity index (χ2n) is 6.91. The van der Waals surface area contributed by atoms with E-state index >= 15 is 0 Å². The normalized spacial score (nSPS) is 15.9.